The lowest BCUT2D eigenvalue weighted by Crippen LogP contribution is -2.34. The third-order valence-electron chi connectivity index (χ3n) is 7.08. The van der Waals surface area contributed by atoms with Crippen LogP contribution in [0.5, 0.6) is 0 Å². The van der Waals surface area contributed by atoms with Crippen LogP contribution in [0, 0.1) is 0 Å². The van der Waals surface area contributed by atoms with Gasteiger partial charge in [0.2, 0.25) is 0 Å². The van der Waals surface area contributed by atoms with Crippen molar-refractivity contribution in [3.05, 3.63) is 156 Å². The van der Waals surface area contributed by atoms with Crippen molar-refractivity contribution in [2.75, 3.05) is 0 Å². The van der Waals surface area contributed by atoms with Crippen molar-refractivity contribution in [3.8, 4) is 11.1 Å². The summed E-state index contributed by atoms with van der Waals surface area (Å²) < 4.78 is 0. The molecule has 2 aliphatic heterocycles. The lowest BCUT2D eigenvalue weighted by Gasteiger charge is -2.26. The van der Waals surface area contributed by atoms with Gasteiger partial charge in [-0.05, 0) is 39.6 Å². The summed E-state index contributed by atoms with van der Waals surface area (Å²) in [5, 5.41) is 11.8. The van der Waals surface area contributed by atoms with Crippen molar-refractivity contribution in [2.45, 2.75) is 11.4 Å². The third kappa shape index (κ3) is 4.73. The van der Waals surface area contributed by atoms with Gasteiger partial charge in [-0.1, -0.05) is 133 Å². The van der Waals surface area contributed by atoms with E-state index in [1.807, 2.05) is 24.3 Å². The van der Waals surface area contributed by atoms with Gasteiger partial charge in [-0.25, -0.2) is 4.99 Å². The van der Waals surface area contributed by atoms with Crippen LogP contribution in [-0.4, -0.2) is 16.3 Å². The second-order valence-corrected chi connectivity index (χ2v) is 10.7. The zero-order valence-electron chi connectivity index (χ0n) is 21.2. The van der Waals surface area contributed by atoms with E-state index in [0.717, 1.165) is 27.7 Å². The minimum atomic E-state index is -0.0864. The molecule has 188 valence electrons. The van der Waals surface area contributed by atoms with Gasteiger partial charge in [0.1, 0.15) is 16.3 Å². The Hall–Kier alpha value is -4.61. The van der Waals surface area contributed by atoms with Gasteiger partial charge in [0.15, 0.2) is 0 Å². The molecular weight excluding hydrogens is 496 g/mol. The van der Waals surface area contributed by atoms with Crippen LogP contribution in [0.3, 0.4) is 0 Å². The molecule has 5 aromatic carbocycles. The number of thioether (sulfide) groups is 1. The molecule has 0 fully saturated rings. The first-order valence-corrected chi connectivity index (χ1v) is 14.0. The fourth-order valence-electron chi connectivity index (χ4n) is 5.10. The van der Waals surface area contributed by atoms with E-state index in [1.54, 1.807) is 11.8 Å². The molecule has 2 unspecified atom stereocenters. The Labute approximate surface area is 232 Å². The standard InChI is InChI=1S/C34H26N4S/c1-3-12-24(13-4-1)30-22-31(36-32(35-30)25-14-5-2-6-15-25)34-38-37-33(39-34)29-18-10-9-17-28(29)27-20-19-23-11-7-8-16-26(23)21-27/h1-22,30,34,38H,(H,35,36). The minimum absolute atomic E-state index is 0.0187. The number of amidine groups is 1. The van der Waals surface area contributed by atoms with Gasteiger partial charge < -0.3 is 5.32 Å². The third-order valence-corrected chi connectivity index (χ3v) is 8.19. The number of aliphatic imine (C=N–C) groups is 1. The van der Waals surface area contributed by atoms with E-state index in [2.05, 4.69) is 120 Å². The Morgan fingerprint density at radius 3 is 2.13 bits per heavy atom. The summed E-state index contributed by atoms with van der Waals surface area (Å²) in [6.07, 6.45) is 2.21. The molecule has 0 aliphatic carbocycles. The van der Waals surface area contributed by atoms with Crippen LogP contribution in [0.2, 0.25) is 0 Å². The van der Waals surface area contributed by atoms with Gasteiger partial charge in [-0.2, -0.15) is 5.10 Å². The summed E-state index contributed by atoms with van der Waals surface area (Å²) >= 11 is 1.71. The fraction of sp³-hybridized carbons (Fsp3) is 0.0588. The number of rotatable bonds is 5. The molecule has 7 rings (SSSR count). The molecule has 39 heavy (non-hydrogen) atoms. The van der Waals surface area contributed by atoms with Crippen molar-refractivity contribution >= 4 is 33.4 Å². The maximum absolute atomic E-state index is 5.06. The molecule has 0 saturated carbocycles. The molecule has 0 amide bonds. The van der Waals surface area contributed by atoms with Gasteiger partial charge in [0, 0.05) is 11.1 Å². The summed E-state index contributed by atoms with van der Waals surface area (Å²) in [5.74, 6) is 0.870. The predicted octanol–water partition coefficient (Wildman–Crippen LogP) is 7.51. The zero-order valence-corrected chi connectivity index (χ0v) is 22.0. The van der Waals surface area contributed by atoms with Gasteiger partial charge in [-0.15, -0.1) is 0 Å². The van der Waals surface area contributed by atoms with Crippen molar-refractivity contribution in [1.29, 1.82) is 0 Å². The van der Waals surface area contributed by atoms with E-state index in [-0.39, 0.29) is 11.4 Å². The number of nitrogens with one attached hydrogen (secondary N) is 2. The van der Waals surface area contributed by atoms with Crippen molar-refractivity contribution in [3.63, 3.8) is 0 Å². The number of fused-ring (bicyclic) bond motifs is 1. The van der Waals surface area contributed by atoms with Crippen molar-refractivity contribution in [1.82, 2.24) is 10.7 Å². The van der Waals surface area contributed by atoms with Crippen molar-refractivity contribution < 1.29 is 0 Å². The van der Waals surface area contributed by atoms with Crippen LogP contribution in [-0.2, 0) is 0 Å². The van der Waals surface area contributed by atoms with Crippen molar-refractivity contribution in [2.24, 2.45) is 10.1 Å². The zero-order chi connectivity index (χ0) is 26.0. The van der Waals surface area contributed by atoms with Crippen LogP contribution in [0.15, 0.2) is 149 Å². The lowest BCUT2D eigenvalue weighted by atomic mass is 9.97. The quantitative estimate of drug-likeness (QED) is 0.251. The molecule has 5 aromatic rings. The first kappa shape index (κ1) is 23.5. The summed E-state index contributed by atoms with van der Waals surface area (Å²) in [5.41, 5.74) is 10.1. The van der Waals surface area contributed by atoms with E-state index in [1.165, 1.54) is 27.5 Å². The van der Waals surface area contributed by atoms with Crippen LogP contribution >= 0.6 is 11.8 Å². The van der Waals surface area contributed by atoms with Crippen LogP contribution in [0.1, 0.15) is 22.7 Å². The maximum atomic E-state index is 5.06. The number of hydrazone groups is 1. The molecular formula is C34H26N4S. The summed E-state index contributed by atoms with van der Waals surface area (Å²) in [6.45, 7) is 0. The highest BCUT2D eigenvalue weighted by Gasteiger charge is 2.29. The summed E-state index contributed by atoms with van der Waals surface area (Å²) in [7, 11) is 0. The largest absolute Gasteiger partial charge is 0.359 e. The van der Waals surface area contributed by atoms with Gasteiger partial charge in [0.25, 0.3) is 0 Å². The molecule has 0 spiro atoms. The number of hydrogen-bond acceptors (Lipinski definition) is 5. The van der Waals surface area contributed by atoms with E-state index < -0.39 is 0 Å². The molecule has 2 aliphatic rings. The van der Waals surface area contributed by atoms with E-state index in [4.69, 9.17) is 10.1 Å². The molecule has 2 N–H and O–H groups in total. The van der Waals surface area contributed by atoms with Gasteiger partial charge in [-0.3, -0.25) is 5.43 Å². The van der Waals surface area contributed by atoms with E-state index in [9.17, 15) is 0 Å². The fourth-order valence-corrected chi connectivity index (χ4v) is 6.09. The Morgan fingerprint density at radius 1 is 0.615 bits per heavy atom. The highest BCUT2D eigenvalue weighted by atomic mass is 32.2. The normalized spacial score (nSPS) is 18.5. The molecule has 5 heteroatoms. The van der Waals surface area contributed by atoms with Crippen LogP contribution < -0.4 is 10.7 Å². The highest BCUT2D eigenvalue weighted by molar-refractivity contribution is 8.15. The predicted molar refractivity (Wildman–Crippen MR) is 164 cm³/mol. The number of nitrogens with zero attached hydrogens (tertiary/aromatic N) is 2. The average molecular weight is 523 g/mol. The Kier molecular flexibility index (Phi) is 6.19. The van der Waals surface area contributed by atoms with Gasteiger partial charge in [0.05, 0.1) is 11.7 Å². The molecule has 4 nitrogen and oxygen atoms in total. The summed E-state index contributed by atoms with van der Waals surface area (Å²) in [6, 6.07) is 44.4. The second-order valence-electron chi connectivity index (χ2n) is 9.60. The Bertz CT molecular complexity index is 1740. The monoisotopic (exact) mass is 522 g/mol. The topological polar surface area (TPSA) is 48.8 Å². The molecule has 2 heterocycles. The molecule has 0 radical (unpaired) electrons. The highest BCUT2D eigenvalue weighted by Crippen LogP contribution is 2.36. The minimum Gasteiger partial charge on any atom is -0.359 e. The van der Waals surface area contributed by atoms with Crippen LogP contribution in [0.25, 0.3) is 21.9 Å². The van der Waals surface area contributed by atoms with E-state index in [0.29, 0.717) is 0 Å². The first-order chi connectivity index (χ1) is 19.3. The molecule has 0 saturated heterocycles. The Balaban J connectivity index is 1.21. The second kappa shape index (κ2) is 10.3. The smallest absolute Gasteiger partial charge is 0.137 e. The summed E-state index contributed by atoms with van der Waals surface area (Å²) in [4.78, 5) is 5.06. The lowest BCUT2D eigenvalue weighted by molar-refractivity contribution is 0.712. The van der Waals surface area contributed by atoms with E-state index >= 15 is 0 Å². The Morgan fingerprint density at radius 2 is 1.31 bits per heavy atom. The maximum Gasteiger partial charge on any atom is 0.137 e. The first-order valence-electron chi connectivity index (χ1n) is 13.1. The molecule has 0 aromatic heterocycles. The average Bonchev–Trinajstić information content (AvgIpc) is 3.52. The van der Waals surface area contributed by atoms with Gasteiger partial charge >= 0.3 is 0 Å². The molecule has 2 atom stereocenters. The number of benzene rings is 5. The van der Waals surface area contributed by atoms with Crippen LogP contribution in [0.4, 0.5) is 0 Å². The SMILES string of the molecule is C1=C(C2NN=C(c3ccccc3-c3ccc4ccccc4c3)S2)N=C(c2ccccc2)NC1c1ccccc1. The number of hydrogen-bond donors (Lipinski definition) is 2. The molecule has 0 bridgehead atoms.